The number of nitrogens with one attached hydrogen (secondary N) is 2. The molecule has 9 nitrogen and oxygen atoms in total. The molecular weight excluding hydrogens is 465 g/mol. The van der Waals surface area contributed by atoms with E-state index in [-0.39, 0.29) is 17.0 Å². The molecule has 0 unspecified atom stereocenters. The highest BCUT2D eigenvalue weighted by Crippen LogP contribution is 2.30. The van der Waals surface area contributed by atoms with Crippen molar-refractivity contribution in [3.63, 3.8) is 0 Å². The van der Waals surface area contributed by atoms with Gasteiger partial charge in [0.05, 0.1) is 16.8 Å². The van der Waals surface area contributed by atoms with Crippen molar-refractivity contribution in [2.24, 2.45) is 0 Å². The standard InChI is InChI=1S/C23H17F3N6O3/c24-23(25,26)15-5-3-6-16(11-15)28-21(33)13-35-20-10-2-1-9-19(20)22(34)29-17-7-4-8-18(12-17)32-14-27-30-31-32/h1-12,14H,13H2,(H,28,33)(H,29,34). The molecule has 0 saturated carbocycles. The van der Waals surface area contributed by atoms with Gasteiger partial charge in [-0.3, -0.25) is 9.59 Å². The minimum Gasteiger partial charge on any atom is -0.483 e. The summed E-state index contributed by atoms with van der Waals surface area (Å²) in [6.07, 6.45) is -3.12. The topological polar surface area (TPSA) is 111 Å². The fourth-order valence-electron chi connectivity index (χ4n) is 3.10. The first-order valence-corrected chi connectivity index (χ1v) is 10.1. The van der Waals surface area contributed by atoms with Crippen LogP contribution >= 0.6 is 0 Å². The number of para-hydroxylation sites is 1. The SMILES string of the molecule is O=C(COc1ccccc1C(=O)Nc1cccc(-n2cnnn2)c1)Nc1cccc(C(F)(F)F)c1. The Kier molecular flexibility index (Phi) is 6.71. The third-order valence-electron chi connectivity index (χ3n) is 4.68. The summed E-state index contributed by atoms with van der Waals surface area (Å²) in [6, 6.07) is 17.3. The maximum Gasteiger partial charge on any atom is 0.416 e. The quantitative estimate of drug-likeness (QED) is 0.413. The van der Waals surface area contributed by atoms with Gasteiger partial charge < -0.3 is 15.4 Å². The van der Waals surface area contributed by atoms with Crippen LogP contribution in [0.1, 0.15) is 15.9 Å². The van der Waals surface area contributed by atoms with E-state index >= 15 is 0 Å². The number of tetrazole rings is 1. The largest absolute Gasteiger partial charge is 0.483 e. The van der Waals surface area contributed by atoms with E-state index in [0.717, 1.165) is 12.1 Å². The third kappa shape index (κ3) is 5.99. The number of ether oxygens (including phenoxy) is 1. The lowest BCUT2D eigenvalue weighted by molar-refractivity contribution is -0.137. The van der Waals surface area contributed by atoms with Crippen LogP contribution in [0.4, 0.5) is 24.5 Å². The minimum absolute atomic E-state index is 0.0260. The summed E-state index contributed by atoms with van der Waals surface area (Å²) in [5.74, 6) is -1.05. The first-order chi connectivity index (χ1) is 16.8. The van der Waals surface area contributed by atoms with Crippen LogP contribution in [0.2, 0.25) is 0 Å². The van der Waals surface area contributed by atoms with Crippen LogP contribution in [-0.2, 0) is 11.0 Å². The maximum absolute atomic E-state index is 12.9. The van der Waals surface area contributed by atoms with E-state index in [1.54, 1.807) is 36.4 Å². The molecule has 2 amide bonds. The van der Waals surface area contributed by atoms with Crippen molar-refractivity contribution in [1.29, 1.82) is 0 Å². The van der Waals surface area contributed by atoms with Gasteiger partial charge in [-0.25, -0.2) is 4.68 Å². The highest BCUT2D eigenvalue weighted by atomic mass is 19.4. The van der Waals surface area contributed by atoms with Crippen LogP contribution in [0.5, 0.6) is 5.75 Å². The van der Waals surface area contributed by atoms with E-state index < -0.39 is 30.2 Å². The monoisotopic (exact) mass is 482 g/mol. The number of nitrogens with zero attached hydrogens (tertiary/aromatic N) is 4. The molecule has 0 aliphatic carbocycles. The van der Waals surface area contributed by atoms with E-state index in [0.29, 0.717) is 11.4 Å². The second-order valence-electron chi connectivity index (χ2n) is 7.17. The van der Waals surface area contributed by atoms with Gasteiger partial charge in [0, 0.05) is 11.4 Å². The predicted molar refractivity (Wildman–Crippen MR) is 119 cm³/mol. The van der Waals surface area contributed by atoms with Crippen molar-refractivity contribution >= 4 is 23.2 Å². The summed E-state index contributed by atoms with van der Waals surface area (Å²) < 4.78 is 45.5. The average molecular weight is 482 g/mol. The van der Waals surface area contributed by atoms with Gasteiger partial charge in [0.2, 0.25) is 0 Å². The molecular formula is C23H17F3N6O3. The first-order valence-electron chi connectivity index (χ1n) is 10.1. The number of anilines is 2. The Balaban J connectivity index is 1.41. The summed E-state index contributed by atoms with van der Waals surface area (Å²) in [5.41, 5.74) is 0.347. The zero-order chi connectivity index (χ0) is 24.8. The predicted octanol–water partition coefficient (Wildman–Crippen LogP) is 3.95. The van der Waals surface area contributed by atoms with Gasteiger partial charge >= 0.3 is 6.18 Å². The van der Waals surface area contributed by atoms with Gasteiger partial charge in [-0.15, -0.1) is 5.10 Å². The highest BCUT2D eigenvalue weighted by molar-refractivity contribution is 6.06. The van der Waals surface area contributed by atoms with Crippen LogP contribution in [-0.4, -0.2) is 38.6 Å². The molecule has 0 aliphatic rings. The molecule has 0 atom stereocenters. The van der Waals surface area contributed by atoms with E-state index in [2.05, 4.69) is 26.2 Å². The smallest absolute Gasteiger partial charge is 0.416 e. The molecule has 178 valence electrons. The number of aromatic nitrogens is 4. The molecule has 35 heavy (non-hydrogen) atoms. The maximum atomic E-state index is 12.9. The summed E-state index contributed by atoms with van der Waals surface area (Å²) in [4.78, 5) is 25.1. The van der Waals surface area contributed by atoms with Crippen molar-refractivity contribution in [1.82, 2.24) is 20.2 Å². The molecule has 0 fully saturated rings. The van der Waals surface area contributed by atoms with Gasteiger partial charge in [0.1, 0.15) is 12.1 Å². The third-order valence-corrected chi connectivity index (χ3v) is 4.68. The highest BCUT2D eigenvalue weighted by Gasteiger charge is 2.30. The number of carbonyl (C=O) groups is 2. The number of hydrogen-bond acceptors (Lipinski definition) is 6. The van der Waals surface area contributed by atoms with E-state index in [1.807, 2.05) is 0 Å². The Labute approximate surface area is 196 Å². The zero-order valence-corrected chi connectivity index (χ0v) is 17.9. The van der Waals surface area contributed by atoms with E-state index in [9.17, 15) is 22.8 Å². The van der Waals surface area contributed by atoms with Gasteiger partial charge in [-0.2, -0.15) is 13.2 Å². The Bertz CT molecular complexity index is 1340. The van der Waals surface area contributed by atoms with E-state index in [1.165, 1.54) is 35.3 Å². The Hall–Kier alpha value is -4.74. The Morgan fingerprint density at radius 3 is 2.40 bits per heavy atom. The molecule has 2 N–H and O–H groups in total. The number of rotatable bonds is 7. The van der Waals surface area contributed by atoms with Crippen LogP contribution < -0.4 is 15.4 Å². The molecule has 0 bridgehead atoms. The molecule has 4 rings (SSSR count). The molecule has 0 saturated heterocycles. The number of hydrogen-bond donors (Lipinski definition) is 2. The molecule has 3 aromatic carbocycles. The van der Waals surface area contributed by atoms with Crippen molar-refractivity contribution in [3.8, 4) is 11.4 Å². The lowest BCUT2D eigenvalue weighted by Crippen LogP contribution is -2.22. The molecule has 1 aromatic heterocycles. The minimum atomic E-state index is -4.53. The second kappa shape index (κ2) is 10.0. The van der Waals surface area contributed by atoms with Crippen molar-refractivity contribution in [3.05, 3.63) is 90.3 Å². The molecule has 1 heterocycles. The lowest BCUT2D eigenvalue weighted by Gasteiger charge is -2.13. The molecule has 0 radical (unpaired) electrons. The van der Waals surface area contributed by atoms with Crippen LogP contribution in [0.25, 0.3) is 5.69 Å². The Morgan fingerprint density at radius 2 is 1.66 bits per heavy atom. The normalized spacial score (nSPS) is 11.1. The van der Waals surface area contributed by atoms with Crippen LogP contribution in [0.3, 0.4) is 0 Å². The Morgan fingerprint density at radius 1 is 0.914 bits per heavy atom. The molecule has 4 aromatic rings. The van der Waals surface area contributed by atoms with Crippen molar-refractivity contribution < 1.29 is 27.5 Å². The zero-order valence-electron chi connectivity index (χ0n) is 17.9. The lowest BCUT2D eigenvalue weighted by atomic mass is 10.1. The summed E-state index contributed by atoms with van der Waals surface area (Å²) >= 11 is 0. The fourth-order valence-corrected chi connectivity index (χ4v) is 3.10. The van der Waals surface area contributed by atoms with Gasteiger partial charge in [0.15, 0.2) is 6.61 Å². The van der Waals surface area contributed by atoms with Gasteiger partial charge in [-0.05, 0) is 59.0 Å². The molecule has 0 aliphatic heterocycles. The number of halogens is 3. The number of benzene rings is 3. The molecule has 0 spiro atoms. The number of alkyl halides is 3. The van der Waals surface area contributed by atoms with Gasteiger partial charge in [-0.1, -0.05) is 24.3 Å². The second-order valence-corrected chi connectivity index (χ2v) is 7.17. The summed E-state index contributed by atoms with van der Waals surface area (Å²) in [5, 5.41) is 16.0. The first kappa shape index (κ1) is 23.4. The summed E-state index contributed by atoms with van der Waals surface area (Å²) in [6.45, 7) is -0.519. The van der Waals surface area contributed by atoms with E-state index in [4.69, 9.17) is 4.74 Å². The van der Waals surface area contributed by atoms with Crippen LogP contribution in [0, 0.1) is 0 Å². The average Bonchev–Trinajstić information content (AvgIpc) is 3.38. The molecule has 12 heteroatoms. The van der Waals surface area contributed by atoms with Crippen molar-refractivity contribution in [2.45, 2.75) is 6.18 Å². The number of amides is 2. The fraction of sp³-hybridized carbons (Fsp3) is 0.0870. The van der Waals surface area contributed by atoms with Crippen LogP contribution in [0.15, 0.2) is 79.1 Å². The summed E-state index contributed by atoms with van der Waals surface area (Å²) in [7, 11) is 0. The van der Waals surface area contributed by atoms with Crippen molar-refractivity contribution in [2.75, 3.05) is 17.2 Å². The number of carbonyl (C=O) groups excluding carboxylic acids is 2. The van der Waals surface area contributed by atoms with Gasteiger partial charge in [0.25, 0.3) is 11.8 Å².